The van der Waals surface area contributed by atoms with Crippen LogP contribution in [0.3, 0.4) is 0 Å². The lowest BCUT2D eigenvalue weighted by molar-refractivity contribution is -0.121. The van der Waals surface area contributed by atoms with Crippen LogP contribution in [-0.4, -0.2) is 27.3 Å². The van der Waals surface area contributed by atoms with E-state index >= 15 is 0 Å². The van der Waals surface area contributed by atoms with Gasteiger partial charge in [0.05, 0.1) is 18.0 Å². The quantitative estimate of drug-likeness (QED) is 0.400. The fraction of sp³-hybridized carbons (Fsp3) is 0.269. The highest BCUT2D eigenvalue weighted by molar-refractivity contribution is 5.86. The van der Waals surface area contributed by atoms with Crippen LogP contribution in [0, 0.1) is 25.5 Å². The van der Waals surface area contributed by atoms with Gasteiger partial charge in [0.15, 0.2) is 5.65 Å². The molecule has 0 aliphatic heterocycles. The molecule has 1 N–H and O–H groups in total. The van der Waals surface area contributed by atoms with Gasteiger partial charge in [0.2, 0.25) is 11.8 Å². The first-order chi connectivity index (χ1) is 16.4. The number of amides is 1. The molecule has 0 fully saturated rings. The number of aromatic nitrogens is 3. The van der Waals surface area contributed by atoms with Crippen molar-refractivity contribution in [3.8, 4) is 11.6 Å². The van der Waals surface area contributed by atoms with E-state index in [4.69, 9.17) is 9.72 Å². The van der Waals surface area contributed by atoms with Gasteiger partial charge in [-0.15, -0.1) is 0 Å². The Kier molecular flexibility index (Phi) is 6.86. The lowest BCUT2D eigenvalue weighted by atomic mass is 10.0. The van der Waals surface area contributed by atoms with Gasteiger partial charge in [0, 0.05) is 29.5 Å². The number of pyridine rings is 1. The third kappa shape index (κ3) is 4.76. The van der Waals surface area contributed by atoms with E-state index in [9.17, 15) is 13.6 Å². The Morgan fingerprint density at radius 2 is 1.91 bits per heavy atom. The molecular weight excluding hydrogens is 438 g/mol. The van der Waals surface area contributed by atoms with E-state index < -0.39 is 0 Å². The number of fused-ring (bicyclic) bond motifs is 1. The molecule has 0 aliphatic rings. The molecule has 0 atom stereocenters. The molecule has 4 rings (SSSR count). The molecule has 0 bridgehead atoms. The van der Waals surface area contributed by atoms with Gasteiger partial charge in [0.1, 0.15) is 11.6 Å². The molecule has 0 aliphatic carbocycles. The van der Waals surface area contributed by atoms with Crippen LogP contribution < -0.4 is 10.1 Å². The maximum atomic E-state index is 13.8. The molecule has 2 aromatic carbocycles. The molecule has 2 heterocycles. The predicted molar refractivity (Wildman–Crippen MR) is 126 cm³/mol. The van der Waals surface area contributed by atoms with Crippen LogP contribution in [0.2, 0.25) is 0 Å². The van der Waals surface area contributed by atoms with Crippen LogP contribution in [0.1, 0.15) is 35.7 Å². The Bertz CT molecular complexity index is 1350. The van der Waals surface area contributed by atoms with E-state index in [0.717, 1.165) is 22.2 Å². The number of carbonyl (C=O) groups is 1. The van der Waals surface area contributed by atoms with Crippen molar-refractivity contribution in [3.63, 3.8) is 0 Å². The van der Waals surface area contributed by atoms with Gasteiger partial charge in [-0.1, -0.05) is 24.3 Å². The SMILES string of the molecule is CCOc1nc2c(c(C)nn2-c2cccc(F)c2)c(C)c1CCC(=O)NCc1ccccc1F. The van der Waals surface area contributed by atoms with E-state index in [2.05, 4.69) is 10.4 Å². The number of carbonyl (C=O) groups excluding carboxylic acids is 1. The monoisotopic (exact) mass is 464 g/mol. The van der Waals surface area contributed by atoms with Gasteiger partial charge in [-0.3, -0.25) is 4.79 Å². The van der Waals surface area contributed by atoms with Gasteiger partial charge in [0.25, 0.3) is 0 Å². The summed E-state index contributed by atoms with van der Waals surface area (Å²) in [7, 11) is 0. The standard InChI is InChI=1S/C26H26F2N4O2/c1-4-34-26-21(12-13-23(33)29-15-18-8-5-6-11-22(18)28)16(2)24-17(3)31-32(25(24)30-26)20-10-7-9-19(27)14-20/h5-11,14H,4,12-13,15H2,1-3H3,(H,29,33). The summed E-state index contributed by atoms with van der Waals surface area (Å²) < 4.78 is 35.1. The summed E-state index contributed by atoms with van der Waals surface area (Å²) in [6.07, 6.45) is 0.595. The summed E-state index contributed by atoms with van der Waals surface area (Å²) >= 11 is 0. The van der Waals surface area contributed by atoms with Crippen molar-refractivity contribution in [3.05, 3.63) is 82.5 Å². The van der Waals surface area contributed by atoms with Crippen molar-refractivity contribution in [2.45, 2.75) is 40.2 Å². The second-order valence-electron chi connectivity index (χ2n) is 8.00. The second-order valence-corrected chi connectivity index (χ2v) is 8.00. The summed E-state index contributed by atoms with van der Waals surface area (Å²) in [4.78, 5) is 17.2. The minimum atomic E-state index is -0.362. The highest BCUT2D eigenvalue weighted by Gasteiger charge is 2.21. The molecule has 0 saturated heterocycles. The third-order valence-corrected chi connectivity index (χ3v) is 5.70. The summed E-state index contributed by atoms with van der Waals surface area (Å²) in [5.74, 6) is -0.486. The van der Waals surface area contributed by atoms with Crippen molar-refractivity contribution in [2.75, 3.05) is 6.61 Å². The number of ether oxygens (including phenoxy) is 1. The molecule has 0 radical (unpaired) electrons. The molecule has 176 valence electrons. The molecule has 34 heavy (non-hydrogen) atoms. The predicted octanol–water partition coefficient (Wildman–Crippen LogP) is 4.96. The number of hydrogen-bond acceptors (Lipinski definition) is 4. The average Bonchev–Trinajstić information content (AvgIpc) is 3.15. The molecule has 0 saturated carbocycles. The molecular formula is C26H26F2N4O2. The lowest BCUT2D eigenvalue weighted by Gasteiger charge is -2.14. The first-order valence-electron chi connectivity index (χ1n) is 11.2. The summed E-state index contributed by atoms with van der Waals surface area (Å²) in [5.41, 5.74) is 4.04. The van der Waals surface area contributed by atoms with Gasteiger partial charge < -0.3 is 10.1 Å². The largest absolute Gasteiger partial charge is 0.478 e. The first kappa shape index (κ1) is 23.4. The molecule has 1 amide bonds. The maximum Gasteiger partial charge on any atom is 0.220 e. The van der Waals surface area contributed by atoms with Crippen molar-refractivity contribution >= 4 is 16.9 Å². The summed E-state index contributed by atoms with van der Waals surface area (Å²) in [6, 6.07) is 12.5. The number of nitrogens with zero attached hydrogens (tertiary/aromatic N) is 3. The second kappa shape index (κ2) is 9.99. The van der Waals surface area contributed by atoms with Crippen LogP contribution in [-0.2, 0) is 17.8 Å². The number of benzene rings is 2. The van der Waals surface area contributed by atoms with Gasteiger partial charge >= 0.3 is 0 Å². The number of hydrogen-bond donors (Lipinski definition) is 1. The molecule has 6 nitrogen and oxygen atoms in total. The summed E-state index contributed by atoms with van der Waals surface area (Å²) in [6.45, 7) is 6.21. The fourth-order valence-corrected chi connectivity index (χ4v) is 4.03. The third-order valence-electron chi connectivity index (χ3n) is 5.70. The molecule has 0 unspecified atom stereocenters. The number of aryl methyl sites for hydroxylation is 2. The van der Waals surface area contributed by atoms with E-state index in [1.54, 1.807) is 35.0 Å². The minimum Gasteiger partial charge on any atom is -0.478 e. The molecule has 8 heteroatoms. The van der Waals surface area contributed by atoms with Crippen LogP contribution in [0.25, 0.3) is 16.7 Å². The highest BCUT2D eigenvalue weighted by atomic mass is 19.1. The van der Waals surface area contributed by atoms with Gasteiger partial charge in [-0.25, -0.2) is 13.5 Å². The van der Waals surface area contributed by atoms with Crippen LogP contribution >= 0.6 is 0 Å². The Balaban J connectivity index is 1.61. The normalized spacial score (nSPS) is 11.1. The van der Waals surface area contributed by atoms with Gasteiger partial charge in [-0.2, -0.15) is 10.1 Å². The average molecular weight is 465 g/mol. The first-order valence-corrected chi connectivity index (χ1v) is 11.2. The van der Waals surface area contributed by atoms with E-state index in [-0.39, 0.29) is 30.5 Å². The van der Waals surface area contributed by atoms with Gasteiger partial charge in [-0.05, 0) is 57.0 Å². The lowest BCUT2D eigenvalue weighted by Crippen LogP contribution is -2.23. The van der Waals surface area contributed by atoms with Crippen LogP contribution in [0.5, 0.6) is 5.88 Å². The molecule has 0 spiro atoms. The zero-order valence-electron chi connectivity index (χ0n) is 19.4. The topological polar surface area (TPSA) is 69.0 Å². The van der Waals surface area contributed by atoms with E-state index in [1.807, 2.05) is 20.8 Å². The Hall–Kier alpha value is -3.81. The van der Waals surface area contributed by atoms with Crippen molar-refractivity contribution in [1.82, 2.24) is 20.1 Å². The highest BCUT2D eigenvalue weighted by Crippen LogP contribution is 2.32. The zero-order valence-corrected chi connectivity index (χ0v) is 19.4. The minimum absolute atomic E-state index is 0.125. The number of halogens is 2. The van der Waals surface area contributed by atoms with E-state index in [0.29, 0.717) is 35.8 Å². The summed E-state index contributed by atoms with van der Waals surface area (Å²) in [5, 5.41) is 8.20. The number of nitrogens with one attached hydrogen (secondary N) is 1. The molecule has 4 aromatic rings. The van der Waals surface area contributed by atoms with E-state index in [1.165, 1.54) is 18.2 Å². The van der Waals surface area contributed by atoms with Crippen LogP contribution in [0.4, 0.5) is 8.78 Å². The maximum absolute atomic E-state index is 13.8. The zero-order chi connectivity index (χ0) is 24.2. The Labute approximate surface area is 196 Å². The van der Waals surface area contributed by atoms with Crippen molar-refractivity contribution < 1.29 is 18.3 Å². The fourth-order valence-electron chi connectivity index (χ4n) is 4.03. The van der Waals surface area contributed by atoms with Crippen molar-refractivity contribution in [2.24, 2.45) is 0 Å². The molecule has 2 aromatic heterocycles. The van der Waals surface area contributed by atoms with Crippen molar-refractivity contribution in [1.29, 1.82) is 0 Å². The Morgan fingerprint density at radius 3 is 2.65 bits per heavy atom. The number of rotatable bonds is 8. The van der Waals surface area contributed by atoms with Crippen LogP contribution in [0.15, 0.2) is 48.5 Å². The Morgan fingerprint density at radius 1 is 1.12 bits per heavy atom. The smallest absolute Gasteiger partial charge is 0.220 e.